The molecule has 0 bridgehead atoms. The topological polar surface area (TPSA) is 88.9 Å². The van der Waals surface area contributed by atoms with E-state index in [2.05, 4.69) is 20.2 Å². The maximum atomic E-state index is 12.2. The zero-order valence-electron chi connectivity index (χ0n) is 12.2. The summed E-state index contributed by atoms with van der Waals surface area (Å²) in [6.45, 7) is 2.11. The highest BCUT2D eigenvalue weighted by atomic mass is 32.2. The summed E-state index contributed by atoms with van der Waals surface area (Å²) < 4.78 is 28.6. The van der Waals surface area contributed by atoms with Gasteiger partial charge in [-0.3, -0.25) is 0 Å². The number of nitrogens with one attached hydrogen (secondary N) is 2. The molecule has 0 radical (unpaired) electrons. The molecule has 0 aliphatic carbocycles. The van der Waals surface area contributed by atoms with E-state index in [0.717, 1.165) is 5.56 Å². The molecule has 1 unspecified atom stereocenters. The van der Waals surface area contributed by atoms with Crippen LogP contribution in [0.2, 0.25) is 0 Å². The van der Waals surface area contributed by atoms with Crippen LogP contribution in [-0.4, -0.2) is 30.2 Å². The first-order valence-electron chi connectivity index (χ1n) is 6.54. The lowest BCUT2D eigenvalue weighted by atomic mass is 10.1. The molecule has 0 saturated carbocycles. The van der Waals surface area contributed by atoms with E-state index >= 15 is 0 Å². The summed E-state index contributed by atoms with van der Waals surface area (Å²) in [6, 6.07) is 6.98. The normalized spacial score (nSPS) is 13.3. The van der Waals surface area contributed by atoms with Crippen molar-refractivity contribution in [2.45, 2.75) is 24.4 Å². The molecule has 2 aromatic rings. The number of nitrogens with zero attached hydrogens (tertiary/aromatic N) is 3. The zero-order valence-corrected chi connectivity index (χ0v) is 13.1. The van der Waals surface area contributed by atoms with Gasteiger partial charge in [0, 0.05) is 13.1 Å². The first-order chi connectivity index (χ1) is 9.94. The molecule has 1 aromatic carbocycles. The van der Waals surface area contributed by atoms with Gasteiger partial charge in [0.15, 0.2) is 0 Å². The van der Waals surface area contributed by atoms with E-state index in [9.17, 15) is 8.42 Å². The Morgan fingerprint density at radius 1 is 1.29 bits per heavy atom. The van der Waals surface area contributed by atoms with Crippen LogP contribution in [0.15, 0.2) is 35.5 Å². The van der Waals surface area contributed by atoms with Crippen molar-refractivity contribution in [3.8, 4) is 0 Å². The van der Waals surface area contributed by atoms with Crippen LogP contribution in [0.25, 0.3) is 0 Å². The van der Waals surface area contributed by atoms with Crippen LogP contribution in [0.3, 0.4) is 0 Å². The zero-order chi connectivity index (χ0) is 15.5. The first-order valence-corrected chi connectivity index (χ1v) is 8.02. The van der Waals surface area contributed by atoms with Crippen molar-refractivity contribution in [2.24, 2.45) is 7.05 Å². The Bertz CT molecular complexity index is 694. The minimum absolute atomic E-state index is 0.105. The van der Waals surface area contributed by atoms with Crippen LogP contribution in [0.5, 0.6) is 0 Å². The summed E-state index contributed by atoms with van der Waals surface area (Å²) in [5.74, 6) is 0.555. The number of benzene rings is 1. The second-order valence-corrected chi connectivity index (χ2v) is 6.53. The van der Waals surface area contributed by atoms with Gasteiger partial charge in [-0.2, -0.15) is 0 Å². The molecule has 0 spiro atoms. The molecule has 21 heavy (non-hydrogen) atoms. The van der Waals surface area contributed by atoms with Gasteiger partial charge < -0.3 is 9.88 Å². The molecular formula is C13H19N5O2S. The molecule has 0 fully saturated rings. The summed E-state index contributed by atoms with van der Waals surface area (Å²) >= 11 is 0. The van der Waals surface area contributed by atoms with Crippen molar-refractivity contribution >= 4 is 10.0 Å². The number of hydrogen-bond donors (Lipinski definition) is 2. The molecule has 7 nitrogen and oxygen atoms in total. The minimum Gasteiger partial charge on any atom is -0.320 e. The Morgan fingerprint density at radius 3 is 2.48 bits per heavy atom. The quantitative estimate of drug-likeness (QED) is 0.814. The van der Waals surface area contributed by atoms with Gasteiger partial charge in [0.25, 0.3) is 0 Å². The summed E-state index contributed by atoms with van der Waals surface area (Å²) in [5, 5.41) is 10.7. The average molecular weight is 309 g/mol. The van der Waals surface area contributed by atoms with Gasteiger partial charge in [-0.25, -0.2) is 13.1 Å². The summed E-state index contributed by atoms with van der Waals surface area (Å²) in [7, 11) is 0.0665. The minimum atomic E-state index is -3.55. The molecule has 1 aromatic heterocycles. The standard InChI is InChI=1S/C13H19N5O2S/c1-10(14-2)11-4-6-12(7-5-11)21(19,20)16-8-13-17-15-9-18(13)3/h4-7,9-10,14,16H,8H2,1-3H3. The third-order valence-electron chi connectivity index (χ3n) is 3.35. The number of rotatable bonds is 6. The highest BCUT2D eigenvalue weighted by Gasteiger charge is 2.15. The maximum absolute atomic E-state index is 12.2. The van der Waals surface area contributed by atoms with Crippen molar-refractivity contribution in [2.75, 3.05) is 7.05 Å². The van der Waals surface area contributed by atoms with E-state index in [1.165, 1.54) is 6.33 Å². The van der Waals surface area contributed by atoms with E-state index in [-0.39, 0.29) is 17.5 Å². The molecule has 0 aliphatic heterocycles. The van der Waals surface area contributed by atoms with Crippen molar-refractivity contribution < 1.29 is 8.42 Å². The Balaban J connectivity index is 2.10. The number of hydrogen-bond acceptors (Lipinski definition) is 5. The van der Waals surface area contributed by atoms with E-state index < -0.39 is 10.0 Å². The first kappa shape index (κ1) is 15.6. The van der Waals surface area contributed by atoms with Gasteiger partial charge in [0.05, 0.1) is 11.4 Å². The molecule has 1 heterocycles. The van der Waals surface area contributed by atoms with Gasteiger partial charge in [-0.05, 0) is 31.7 Å². The van der Waals surface area contributed by atoms with Crippen molar-refractivity contribution in [3.63, 3.8) is 0 Å². The molecule has 2 N–H and O–H groups in total. The van der Waals surface area contributed by atoms with Crippen LogP contribution in [0.1, 0.15) is 24.4 Å². The smallest absolute Gasteiger partial charge is 0.240 e. The Hall–Kier alpha value is -1.77. The second-order valence-electron chi connectivity index (χ2n) is 4.76. The second kappa shape index (κ2) is 6.33. The predicted molar refractivity (Wildman–Crippen MR) is 78.9 cm³/mol. The number of aromatic nitrogens is 3. The monoisotopic (exact) mass is 309 g/mol. The van der Waals surface area contributed by atoms with Crippen LogP contribution >= 0.6 is 0 Å². The predicted octanol–water partition coefficient (Wildman–Crippen LogP) is 0.574. The fourth-order valence-corrected chi connectivity index (χ4v) is 2.79. The molecular weight excluding hydrogens is 290 g/mol. The molecule has 0 amide bonds. The lowest BCUT2D eigenvalue weighted by Gasteiger charge is -2.11. The highest BCUT2D eigenvalue weighted by Crippen LogP contribution is 2.15. The maximum Gasteiger partial charge on any atom is 0.240 e. The van der Waals surface area contributed by atoms with Crippen molar-refractivity contribution in [3.05, 3.63) is 42.0 Å². The highest BCUT2D eigenvalue weighted by molar-refractivity contribution is 7.89. The molecule has 0 saturated heterocycles. The Morgan fingerprint density at radius 2 is 1.95 bits per heavy atom. The molecule has 0 aliphatic rings. The van der Waals surface area contributed by atoms with Crippen molar-refractivity contribution in [1.82, 2.24) is 24.8 Å². The number of aryl methyl sites for hydroxylation is 1. The molecule has 1 atom stereocenters. The Labute approximate surface area is 124 Å². The molecule has 114 valence electrons. The molecule has 2 rings (SSSR count). The fourth-order valence-electron chi connectivity index (χ4n) is 1.81. The largest absolute Gasteiger partial charge is 0.320 e. The van der Waals surface area contributed by atoms with E-state index in [1.807, 2.05) is 14.0 Å². The van der Waals surface area contributed by atoms with Gasteiger partial charge in [-0.1, -0.05) is 12.1 Å². The van der Waals surface area contributed by atoms with Crippen LogP contribution in [0, 0.1) is 0 Å². The summed E-state index contributed by atoms with van der Waals surface area (Å²) in [4.78, 5) is 0.233. The van der Waals surface area contributed by atoms with E-state index in [1.54, 1.807) is 35.9 Å². The lowest BCUT2D eigenvalue weighted by molar-refractivity contribution is 0.577. The van der Waals surface area contributed by atoms with Gasteiger partial charge >= 0.3 is 0 Å². The van der Waals surface area contributed by atoms with E-state index in [4.69, 9.17) is 0 Å². The third kappa shape index (κ3) is 3.66. The van der Waals surface area contributed by atoms with Gasteiger partial charge in [0.2, 0.25) is 10.0 Å². The number of sulfonamides is 1. The van der Waals surface area contributed by atoms with Crippen molar-refractivity contribution in [1.29, 1.82) is 0 Å². The van der Waals surface area contributed by atoms with Crippen LogP contribution in [-0.2, 0) is 23.6 Å². The average Bonchev–Trinajstić information content (AvgIpc) is 2.90. The Kier molecular flexibility index (Phi) is 4.71. The van der Waals surface area contributed by atoms with E-state index in [0.29, 0.717) is 5.82 Å². The fraction of sp³-hybridized carbons (Fsp3) is 0.385. The third-order valence-corrected chi connectivity index (χ3v) is 4.77. The van der Waals surface area contributed by atoms with Crippen LogP contribution < -0.4 is 10.0 Å². The van der Waals surface area contributed by atoms with Gasteiger partial charge in [-0.15, -0.1) is 10.2 Å². The summed E-state index contributed by atoms with van der Waals surface area (Å²) in [6.07, 6.45) is 1.53. The summed E-state index contributed by atoms with van der Waals surface area (Å²) in [5.41, 5.74) is 1.03. The lowest BCUT2D eigenvalue weighted by Crippen LogP contribution is -2.24. The van der Waals surface area contributed by atoms with Gasteiger partial charge in [0.1, 0.15) is 12.2 Å². The molecule has 8 heteroatoms. The van der Waals surface area contributed by atoms with Crippen LogP contribution in [0.4, 0.5) is 0 Å². The SMILES string of the molecule is CNC(C)c1ccc(S(=O)(=O)NCc2nncn2C)cc1.